The zero-order valence-corrected chi connectivity index (χ0v) is 14.0. The third-order valence-corrected chi connectivity index (χ3v) is 4.87. The number of halogens is 1. The van der Waals surface area contributed by atoms with Crippen molar-refractivity contribution in [3.63, 3.8) is 0 Å². The Kier molecular flexibility index (Phi) is 4.29. The molecule has 1 aliphatic carbocycles. The molecule has 2 heterocycles. The molecule has 1 N–H and O–H groups in total. The summed E-state index contributed by atoms with van der Waals surface area (Å²) in [6.07, 6.45) is 5.86. The normalized spacial score (nSPS) is 15.6. The molecule has 4 nitrogen and oxygen atoms in total. The second kappa shape index (κ2) is 6.18. The van der Waals surface area contributed by atoms with Gasteiger partial charge in [-0.25, -0.2) is 9.97 Å². The SMILES string of the molecule is CCc1ccc(-c2nc(NC)c(Br)c(C3CCCC3)n2)o1. The number of rotatable bonds is 4. The lowest BCUT2D eigenvalue weighted by atomic mass is 10.0. The van der Waals surface area contributed by atoms with Crippen molar-refractivity contribution < 1.29 is 4.42 Å². The molecule has 3 rings (SSSR count). The first-order valence-corrected chi connectivity index (χ1v) is 8.36. The van der Waals surface area contributed by atoms with Gasteiger partial charge in [0.1, 0.15) is 11.6 Å². The number of nitrogens with one attached hydrogen (secondary N) is 1. The molecular weight excluding hydrogens is 330 g/mol. The summed E-state index contributed by atoms with van der Waals surface area (Å²) in [5.74, 6) is 3.73. The summed E-state index contributed by atoms with van der Waals surface area (Å²) in [5.41, 5.74) is 1.11. The highest BCUT2D eigenvalue weighted by Gasteiger charge is 2.24. The van der Waals surface area contributed by atoms with Crippen LogP contribution in [0.4, 0.5) is 5.82 Å². The maximum atomic E-state index is 5.81. The van der Waals surface area contributed by atoms with Crippen LogP contribution in [0.3, 0.4) is 0 Å². The first kappa shape index (κ1) is 14.6. The molecule has 5 heteroatoms. The number of furan rings is 1. The van der Waals surface area contributed by atoms with Crippen molar-refractivity contribution in [2.75, 3.05) is 12.4 Å². The van der Waals surface area contributed by atoms with Crippen molar-refractivity contribution in [2.24, 2.45) is 0 Å². The maximum absolute atomic E-state index is 5.81. The Morgan fingerprint density at radius 2 is 2.05 bits per heavy atom. The van der Waals surface area contributed by atoms with Crippen molar-refractivity contribution in [3.8, 4) is 11.6 Å². The minimum atomic E-state index is 0.522. The van der Waals surface area contributed by atoms with Gasteiger partial charge in [0.2, 0.25) is 0 Å². The summed E-state index contributed by atoms with van der Waals surface area (Å²) in [4.78, 5) is 9.37. The van der Waals surface area contributed by atoms with Crippen LogP contribution in [0.1, 0.15) is 50.0 Å². The van der Waals surface area contributed by atoms with Gasteiger partial charge in [0.15, 0.2) is 11.6 Å². The zero-order valence-electron chi connectivity index (χ0n) is 12.4. The van der Waals surface area contributed by atoms with Gasteiger partial charge < -0.3 is 9.73 Å². The third-order valence-electron chi connectivity index (χ3n) is 4.09. The van der Waals surface area contributed by atoms with Gasteiger partial charge in [-0.2, -0.15) is 0 Å². The van der Waals surface area contributed by atoms with Crippen molar-refractivity contribution in [1.82, 2.24) is 9.97 Å². The lowest BCUT2D eigenvalue weighted by Gasteiger charge is -2.14. The first-order valence-electron chi connectivity index (χ1n) is 7.57. The van der Waals surface area contributed by atoms with E-state index in [1.807, 2.05) is 19.2 Å². The van der Waals surface area contributed by atoms with Gasteiger partial charge in [-0.3, -0.25) is 0 Å². The minimum absolute atomic E-state index is 0.522. The van der Waals surface area contributed by atoms with Gasteiger partial charge in [-0.05, 0) is 40.9 Å². The molecule has 21 heavy (non-hydrogen) atoms. The second-order valence-corrected chi connectivity index (χ2v) is 6.24. The van der Waals surface area contributed by atoms with Crippen LogP contribution in [0.15, 0.2) is 21.0 Å². The Morgan fingerprint density at radius 3 is 2.67 bits per heavy atom. The molecule has 0 radical (unpaired) electrons. The summed E-state index contributed by atoms with van der Waals surface area (Å²) < 4.78 is 6.80. The summed E-state index contributed by atoms with van der Waals surface area (Å²) in [6, 6.07) is 3.95. The molecule has 0 atom stereocenters. The van der Waals surface area contributed by atoms with Crippen LogP contribution in [-0.2, 0) is 6.42 Å². The fourth-order valence-electron chi connectivity index (χ4n) is 2.90. The number of aromatic nitrogens is 2. The summed E-state index contributed by atoms with van der Waals surface area (Å²) >= 11 is 3.66. The zero-order chi connectivity index (χ0) is 14.8. The van der Waals surface area contributed by atoms with E-state index in [0.29, 0.717) is 11.7 Å². The maximum Gasteiger partial charge on any atom is 0.197 e. The van der Waals surface area contributed by atoms with Gasteiger partial charge >= 0.3 is 0 Å². The summed E-state index contributed by atoms with van der Waals surface area (Å²) in [6.45, 7) is 2.08. The lowest BCUT2D eigenvalue weighted by Crippen LogP contribution is -2.06. The van der Waals surface area contributed by atoms with E-state index in [-0.39, 0.29) is 0 Å². The fraction of sp³-hybridized carbons (Fsp3) is 0.500. The molecule has 112 valence electrons. The first-order chi connectivity index (χ1) is 10.2. The number of hydrogen-bond acceptors (Lipinski definition) is 4. The predicted molar refractivity (Wildman–Crippen MR) is 87.6 cm³/mol. The molecule has 1 saturated carbocycles. The van der Waals surface area contributed by atoms with Crippen LogP contribution < -0.4 is 5.32 Å². The molecule has 0 spiro atoms. The van der Waals surface area contributed by atoms with Crippen molar-refractivity contribution >= 4 is 21.7 Å². The Hall–Kier alpha value is -1.36. The highest BCUT2D eigenvalue weighted by molar-refractivity contribution is 9.10. The van der Waals surface area contributed by atoms with E-state index in [4.69, 9.17) is 9.40 Å². The van der Waals surface area contributed by atoms with Gasteiger partial charge in [-0.1, -0.05) is 19.8 Å². The Balaban J connectivity index is 2.05. The molecule has 0 aliphatic heterocycles. The quantitative estimate of drug-likeness (QED) is 0.864. The molecule has 1 aliphatic rings. The summed E-state index contributed by atoms with van der Waals surface area (Å²) in [5, 5.41) is 3.15. The standard InChI is InChI=1S/C16H20BrN3O/c1-3-11-8-9-12(21-11)15-19-14(10-6-4-5-7-10)13(17)16(18-2)20-15/h8-10H,3-7H2,1-2H3,(H,18,19,20). The monoisotopic (exact) mass is 349 g/mol. The number of hydrogen-bond donors (Lipinski definition) is 1. The van der Waals surface area contributed by atoms with E-state index in [1.165, 1.54) is 25.7 Å². The molecule has 1 fully saturated rings. The van der Waals surface area contributed by atoms with Crippen LogP contribution in [0, 0.1) is 0 Å². The van der Waals surface area contributed by atoms with Gasteiger partial charge in [-0.15, -0.1) is 0 Å². The second-order valence-electron chi connectivity index (χ2n) is 5.45. The largest absolute Gasteiger partial charge is 0.458 e. The van der Waals surface area contributed by atoms with Gasteiger partial charge in [0, 0.05) is 19.4 Å². The van der Waals surface area contributed by atoms with Crippen LogP contribution in [0.5, 0.6) is 0 Å². The number of aryl methyl sites for hydroxylation is 1. The van der Waals surface area contributed by atoms with Gasteiger partial charge in [0.25, 0.3) is 0 Å². The van der Waals surface area contributed by atoms with Crippen molar-refractivity contribution in [3.05, 3.63) is 28.1 Å². The average Bonchev–Trinajstić information content (AvgIpc) is 3.18. The number of nitrogens with zero attached hydrogens (tertiary/aromatic N) is 2. The van der Waals surface area contributed by atoms with E-state index in [1.54, 1.807) is 0 Å². The highest BCUT2D eigenvalue weighted by atomic mass is 79.9. The predicted octanol–water partition coefficient (Wildman–Crippen LogP) is 4.76. The highest BCUT2D eigenvalue weighted by Crippen LogP contribution is 2.39. The van der Waals surface area contributed by atoms with E-state index < -0.39 is 0 Å². The molecule has 0 amide bonds. The Bertz CT molecular complexity index is 632. The summed E-state index contributed by atoms with van der Waals surface area (Å²) in [7, 11) is 1.88. The Morgan fingerprint density at radius 1 is 1.29 bits per heavy atom. The fourth-order valence-corrected chi connectivity index (χ4v) is 3.60. The molecule has 2 aromatic rings. The minimum Gasteiger partial charge on any atom is -0.458 e. The number of anilines is 1. The van der Waals surface area contributed by atoms with Crippen LogP contribution in [0.25, 0.3) is 11.6 Å². The van der Waals surface area contributed by atoms with E-state index in [2.05, 4.69) is 33.2 Å². The molecule has 0 bridgehead atoms. The van der Waals surface area contributed by atoms with E-state index in [9.17, 15) is 0 Å². The van der Waals surface area contributed by atoms with Crippen molar-refractivity contribution in [2.45, 2.75) is 44.9 Å². The van der Waals surface area contributed by atoms with Crippen LogP contribution >= 0.6 is 15.9 Å². The lowest BCUT2D eigenvalue weighted by molar-refractivity contribution is 0.524. The van der Waals surface area contributed by atoms with E-state index >= 15 is 0 Å². The van der Waals surface area contributed by atoms with E-state index in [0.717, 1.165) is 33.9 Å². The van der Waals surface area contributed by atoms with Crippen molar-refractivity contribution in [1.29, 1.82) is 0 Å². The molecule has 2 aromatic heterocycles. The smallest absolute Gasteiger partial charge is 0.197 e. The molecule has 0 saturated heterocycles. The topological polar surface area (TPSA) is 51.0 Å². The Labute approximate surface area is 133 Å². The average molecular weight is 350 g/mol. The van der Waals surface area contributed by atoms with Crippen LogP contribution in [0.2, 0.25) is 0 Å². The van der Waals surface area contributed by atoms with Crippen LogP contribution in [-0.4, -0.2) is 17.0 Å². The molecule has 0 aromatic carbocycles. The molecule has 0 unspecified atom stereocenters. The van der Waals surface area contributed by atoms with Gasteiger partial charge in [0.05, 0.1) is 10.2 Å². The third kappa shape index (κ3) is 2.84. The molecular formula is C16H20BrN3O.